The molecule has 17 heavy (non-hydrogen) atoms. The molecule has 0 N–H and O–H groups in total. The van der Waals surface area contributed by atoms with Gasteiger partial charge in [0.25, 0.3) is 0 Å². The van der Waals surface area contributed by atoms with Crippen LogP contribution in [0.2, 0.25) is 0 Å². The number of rotatable bonds is 7. The van der Waals surface area contributed by atoms with E-state index in [-0.39, 0.29) is 0 Å². The first kappa shape index (κ1) is 15.1. The van der Waals surface area contributed by atoms with Gasteiger partial charge < -0.3 is 0 Å². The van der Waals surface area contributed by atoms with E-state index in [1.54, 1.807) is 0 Å². The zero-order valence-corrected chi connectivity index (χ0v) is 12.7. The molecule has 0 nitrogen and oxygen atoms in total. The lowest BCUT2D eigenvalue weighted by atomic mass is 9.67. The standard InChI is InChI=1S/C17H34/c1-5-6-7-8-9-14-17(3,4)16-12-10-15(2)11-13-16/h15-16H,5-14H2,1-4H3. The Morgan fingerprint density at radius 1 is 0.882 bits per heavy atom. The first-order chi connectivity index (χ1) is 8.06. The Hall–Kier alpha value is 0. The summed E-state index contributed by atoms with van der Waals surface area (Å²) < 4.78 is 0. The fourth-order valence-corrected chi connectivity index (χ4v) is 3.43. The van der Waals surface area contributed by atoms with E-state index in [4.69, 9.17) is 0 Å². The van der Waals surface area contributed by atoms with E-state index in [1.165, 1.54) is 64.2 Å². The van der Waals surface area contributed by atoms with Gasteiger partial charge in [0.1, 0.15) is 0 Å². The molecule has 0 spiro atoms. The average molecular weight is 238 g/mol. The summed E-state index contributed by atoms with van der Waals surface area (Å²) in [6, 6.07) is 0. The molecule has 0 atom stereocenters. The molecular formula is C17H34. The maximum Gasteiger partial charge on any atom is -0.0326 e. The molecule has 0 bridgehead atoms. The molecule has 102 valence electrons. The highest BCUT2D eigenvalue weighted by Gasteiger charge is 2.31. The molecule has 0 heterocycles. The van der Waals surface area contributed by atoms with Gasteiger partial charge in [-0.3, -0.25) is 0 Å². The van der Waals surface area contributed by atoms with E-state index < -0.39 is 0 Å². The topological polar surface area (TPSA) is 0 Å². The van der Waals surface area contributed by atoms with Crippen LogP contribution in [0.15, 0.2) is 0 Å². The average Bonchev–Trinajstić information content (AvgIpc) is 2.29. The van der Waals surface area contributed by atoms with Gasteiger partial charge in [-0.15, -0.1) is 0 Å². The van der Waals surface area contributed by atoms with Crippen LogP contribution in [0.3, 0.4) is 0 Å². The van der Waals surface area contributed by atoms with Crippen LogP contribution < -0.4 is 0 Å². The summed E-state index contributed by atoms with van der Waals surface area (Å²) >= 11 is 0. The highest BCUT2D eigenvalue weighted by atomic mass is 14.4. The molecule has 1 fully saturated rings. The lowest BCUT2D eigenvalue weighted by Gasteiger charge is -2.39. The molecule has 0 heteroatoms. The Labute approximate surface area is 110 Å². The molecule has 0 aliphatic heterocycles. The normalized spacial score (nSPS) is 26.1. The van der Waals surface area contributed by atoms with Crippen LogP contribution in [0, 0.1) is 17.3 Å². The minimum absolute atomic E-state index is 0.604. The predicted molar refractivity (Wildman–Crippen MR) is 78.3 cm³/mol. The van der Waals surface area contributed by atoms with Crippen molar-refractivity contribution in [2.45, 2.75) is 91.9 Å². The lowest BCUT2D eigenvalue weighted by molar-refractivity contribution is 0.124. The highest BCUT2D eigenvalue weighted by molar-refractivity contribution is 4.82. The molecule has 1 saturated carbocycles. The molecule has 1 aliphatic carbocycles. The summed E-state index contributed by atoms with van der Waals surface area (Å²) in [5.41, 5.74) is 0.604. The van der Waals surface area contributed by atoms with Crippen molar-refractivity contribution >= 4 is 0 Å². The van der Waals surface area contributed by atoms with Crippen LogP contribution in [0.1, 0.15) is 91.9 Å². The quantitative estimate of drug-likeness (QED) is 0.463. The molecule has 0 radical (unpaired) electrons. The third-order valence-corrected chi connectivity index (χ3v) is 5.05. The van der Waals surface area contributed by atoms with Gasteiger partial charge in [0.2, 0.25) is 0 Å². The maximum atomic E-state index is 2.52. The van der Waals surface area contributed by atoms with Crippen molar-refractivity contribution < 1.29 is 0 Å². The first-order valence-corrected chi connectivity index (χ1v) is 8.06. The van der Waals surface area contributed by atoms with Crippen LogP contribution in [0.5, 0.6) is 0 Å². The van der Waals surface area contributed by atoms with Crippen LogP contribution in [0.4, 0.5) is 0 Å². The van der Waals surface area contributed by atoms with Gasteiger partial charge in [-0.25, -0.2) is 0 Å². The minimum atomic E-state index is 0.604. The molecule has 1 rings (SSSR count). The smallest absolute Gasteiger partial charge is 0.0326 e. The third kappa shape index (κ3) is 5.44. The van der Waals surface area contributed by atoms with Crippen LogP contribution in [-0.2, 0) is 0 Å². The van der Waals surface area contributed by atoms with Gasteiger partial charge in [0.05, 0.1) is 0 Å². The van der Waals surface area contributed by atoms with Gasteiger partial charge in [-0.1, -0.05) is 72.6 Å². The molecule has 0 amide bonds. The summed E-state index contributed by atoms with van der Waals surface area (Å²) in [5, 5.41) is 0. The molecule has 1 aliphatic rings. The summed E-state index contributed by atoms with van der Waals surface area (Å²) in [6.45, 7) is 9.77. The Balaban J connectivity index is 2.20. The largest absolute Gasteiger partial charge is 0.0654 e. The van der Waals surface area contributed by atoms with Crippen molar-refractivity contribution in [3.8, 4) is 0 Å². The highest BCUT2D eigenvalue weighted by Crippen LogP contribution is 2.43. The Morgan fingerprint density at radius 3 is 2.06 bits per heavy atom. The molecular weight excluding hydrogens is 204 g/mol. The van der Waals surface area contributed by atoms with Gasteiger partial charge in [-0.05, 0) is 36.5 Å². The number of unbranched alkanes of at least 4 members (excludes halogenated alkanes) is 4. The van der Waals surface area contributed by atoms with E-state index in [2.05, 4.69) is 27.7 Å². The van der Waals surface area contributed by atoms with Crippen molar-refractivity contribution in [1.29, 1.82) is 0 Å². The Bertz CT molecular complexity index is 184. The zero-order chi connectivity index (χ0) is 12.7. The van der Waals surface area contributed by atoms with Gasteiger partial charge >= 0.3 is 0 Å². The van der Waals surface area contributed by atoms with Gasteiger partial charge in [-0.2, -0.15) is 0 Å². The van der Waals surface area contributed by atoms with Crippen molar-refractivity contribution in [3.63, 3.8) is 0 Å². The molecule has 0 aromatic rings. The monoisotopic (exact) mass is 238 g/mol. The molecule has 0 aromatic heterocycles. The first-order valence-electron chi connectivity index (χ1n) is 8.06. The summed E-state index contributed by atoms with van der Waals surface area (Å²) in [6.07, 6.45) is 14.6. The van der Waals surface area contributed by atoms with Crippen molar-refractivity contribution in [2.75, 3.05) is 0 Å². The van der Waals surface area contributed by atoms with Crippen molar-refractivity contribution in [2.24, 2.45) is 17.3 Å². The third-order valence-electron chi connectivity index (χ3n) is 5.05. The second kappa shape index (κ2) is 7.44. The zero-order valence-electron chi connectivity index (χ0n) is 12.7. The van der Waals surface area contributed by atoms with Crippen LogP contribution in [-0.4, -0.2) is 0 Å². The van der Waals surface area contributed by atoms with E-state index in [0.29, 0.717) is 5.41 Å². The van der Waals surface area contributed by atoms with Crippen LogP contribution >= 0.6 is 0 Å². The predicted octanol–water partition coefficient (Wildman–Crippen LogP) is 6.20. The fraction of sp³-hybridized carbons (Fsp3) is 1.00. The number of hydrogen-bond acceptors (Lipinski definition) is 0. The van der Waals surface area contributed by atoms with Gasteiger partial charge in [0, 0.05) is 0 Å². The fourth-order valence-electron chi connectivity index (χ4n) is 3.43. The van der Waals surface area contributed by atoms with E-state index in [9.17, 15) is 0 Å². The Morgan fingerprint density at radius 2 is 1.47 bits per heavy atom. The van der Waals surface area contributed by atoms with Crippen LogP contribution in [0.25, 0.3) is 0 Å². The molecule has 0 unspecified atom stereocenters. The lowest BCUT2D eigenvalue weighted by Crippen LogP contribution is -2.28. The van der Waals surface area contributed by atoms with Gasteiger partial charge in [0.15, 0.2) is 0 Å². The van der Waals surface area contributed by atoms with E-state index in [0.717, 1.165) is 11.8 Å². The summed E-state index contributed by atoms with van der Waals surface area (Å²) in [5.74, 6) is 2.00. The molecule has 0 saturated heterocycles. The number of hydrogen-bond donors (Lipinski definition) is 0. The van der Waals surface area contributed by atoms with Crippen molar-refractivity contribution in [1.82, 2.24) is 0 Å². The SMILES string of the molecule is CCCCCCCC(C)(C)C1CCC(C)CC1. The second-order valence-electron chi connectivity index (χ2n) is 7.11. The molecule has 0 aromatic carbocycles. The van der Waals surface area contributed by atoms with Crippen molar-refractivity contribution in [3.05, 3.63) is 0 Å². The second-order valence-corrected chi connectivity index (χ2v) is 7.11. The maximum absolute atomic E-state index is 2.52. The minimum Gasteiger partial charge on any atom is -0.0654 e. The summed E-state index contributed by atoms with van der Waals surface area (Å²) in [4.78, 5) is 0. The Kier molecular flexibility index (Phi) is 6.59. The van der Waals surface area contributed by atoms with E-state index >= 15 is 0 Å². The summed E-state index contributed by atoms with van der Waals surface area (Å²) in [7, 11) is 0. The van der Waals surface area contributed by atoms with E-state index in [1.807, 2.05) is 0 Å².